The summed E-state index contributed by atoms with van der Waals surface area (Å²) in [6.07, 6.45) is 7.35. The molecular formula is C16H21BrCl2. The van der Waals surface area contributed by atoms with Crippen molar-refractivity contribution >= 4 is 39.1 Å². The van der Waals surface area contributed by atoms with Crippen LogP contribution in [-0.4, -0.2) is 5.38 Å². The van der Waals surface area contributed by atoms with E-state index in [-0.39, 0.29) is 0 Å². The summed E-state index contributed by atoms with van der Waals surface area (Å²) in [5.74, 6) is 1.44. The second-order valence-corrected chi connectivity index (χ2v) is 7.57. The van der Waals surface area contributed by atoms with Gasteiger partial charge in [0, 0.05) is 14.9 Å². The molecule has 1 aliphatic carbocycles. The van der Waals surface area contributed by atoms with Crippen LogP contribution in [0.2, 0.25) is 5.02 Å². The normalized spacial score (nSPS) is 27.5. The molecule has 1 aromatic carbocycles. The highest BCUT2D eigenvalue weighted by molar-refractivity contribution is 9.10. The molecule has 3 atom stereocenters. The van der Waals surface area contributed by atoms with Gasteiger partial charge in [-0.25, -0.2) is 0 Å². The first kappa shape index (κ1) is 15.7. The van der Waals surface area contributed by atoms with Crippen LogP contribution in [0.25, 0.3) is 0 Å². The number of rotatable bonds is 4. The van der Waals surface area contributed by atoms with Crippen LogP contribution >= 0.6 is 39.1 Å². The summed E-state index contributed by atoms with van der Waals surface area (Å²) in [7, 11) is 0. The van der Waals surface area contributed by atoms with Gasteiger partial charge >= 0.3 is 0 Å². The minimum absolute atomic E-state index is 0.313. The van der Waals surface area contributed by atoms with Crippen molar-refractivity contribution in [1.29, 1.82) is 0 Å². The first-order valence-electron chi connectivity index (χ1n) is 7.18. The number of benzene rings is 1. The van der Waals surface area contributed by atoms with Crippen molar-refractivity contribution in [2.45, 2.75) is 50.8 Å². The zero-order chi connectivity index (χ0) is 13.8. The van der Waals surface area contributed by atoms with Crippen molar-refractivity contribution in [3.8, 4) is 0 Å². The van der Waals surface area contributed by atoms with Crippen molar-refractivity contribution in [1.82, 2.24) is 0 Å². The van der Waals surface area contributed by atoms with Crippen LogP contribution in [0.3, 0.4) is 0 Å². The summed E-state index contributed by atoms with van der Waals surface area (Å²) in [5.41, 5.74) is 1.23. The fraction of sp³-hybridized carbons (Fsp3) is 0.625. The number of hydrogen-bond donors (Lipinski definition) is 0. The van der Waals surface area contributed by atoms with Gasteiger partial charge in [0.15, 0.2) is 0 Å². The fourth-order valence-corrected chi connectivity index (χ4v) is 4.24. The maximum Gasteiger partial charge on any atom is 0.0449 e. The molecule has 0 aromatic heterocycles. The van der Waals surface area contributed by atoms with Gasteiger partial charge in [0.1, 0.15) is 0 Å². The molecule has 1 aliphatic rings. The summed E-state index contributed by atoms with van der Waals surface area (Å²) in [5, 5.41) is 1.17. The Balaban J connectivity index is 2.03. The van der Waals surface area contributed by atoms with Crippen molar-refractivity contribution in [3.63, 3.8) is 0 Å². The van der Waals surface area contributed by atoms with Crippen LogP contribution in [-0.2, 0) is 6.42 Å². The molecule has 1 aromatic rings. The van der Waals surface area contributed by atoms with E-state index >= 15 is 0 Å². The van der Waals surface area contributed by atoms with E-state index in [9.17, 15) is 0 Å². The van der Waals surface area contributed by atoms with Gasteiger partial charge in [-0.2, -0.15) is 0 Å². The average molecular weight is 364 g/mol. The maximum atomic E-state index is 6.53. The van der Waals surface area contributed by atoms with Gasteiger partial charge in [0.25, 0.3) is 0 Å². The fourth-order valence-electron chi connectivity index (χ4n) is 3.18. The third-order valence-corrected chi connectivity index (χ3v) is 5.61. The highest BCUT2D eigenvalue weighted by atomic mass is 79.9. The highest BCUT2D eigenvalue weighted by Crippen LogP contribution is 2.38. The smallest absolute Gasteiger partial charge is 0.0449 e. The van der Waals surface area contributed by atoms with E-state index < -0.39 is 0 Å². The molecule has 2 rings (SSSR count). The first-order chi connectivity index (χ1) is 9.10. The number of alkyl halides is 1. The van der Waals surface area contributed by atoms with Crippen LogP contribution in [0.15, 0.2) is 22.7 Å². The van der Waals surface area contributed by atoms with Crippen LogP contribution in [0.1, 0.15) is 44.6 Å². The molecule has 1 fully saturated rings. The Morgan fingerprint density at radius 2 is 2.11 bits per heavy atom. The van der Waals surface area contributed by atoms with Gasteiger partial charge in [-0.05, 0) is 55.2 Å². The van der Waals surface area contributed by atoms with E-state index in [0.717, 1.165) is 28.3 Å². The van der Waals surface area contributed by atoms with Crippen molar-refractivity contribution in [2.75, 3.05) is 0 Å². The molecule has 106 valence electrons. The third-order valence-electron chi connectivity index (χ3n) is 4.19. The predicted molar refractivity (Wildman–Crippen MR) is 88.2 cm³/mol. The molecule has 0 radical (unpaired) electrons. The quantitative estimate of drug-likeness (QED) is 0.537. The summed E-state index contributed by atoms with van der Waals surface area (Å²) < 4.78 is 1.04. The molecule has 0 bridgehead atoms. The van der Waals surface area contributed by atoms with Gasteiger partial charge in [0.2, 0.25) is 0 Å². The van der Waals surface area contributed by atoms with Crippen molar-refractivity contribution < 1.29 is 0 Å². The number of halogens is 3. The molecule has 0 spiro atoms. The molecule has 3 heteroatoms. The summed E-state index contributed by atoms with van der Waals surface area (Å²) >= 11 is 16.3. The lowest BCUT2D eigenvalue weighted by Crippen LogP contribution is -2.27. The average Bonchev–Trinajstić information content (AvgIpc) is 2.37. The summed E-state index contributed by atoms with van der Waals surface area (Å²) in [6, 6.07) is 6.17. The van der Waals surface area contributed by atoms with Gasteiger partial charge in [-0.15, -0.1) is 11.6 Å². The Kier molecular flexibility index (Phi) is 6.05. The SMILES string of the molecule is CCCC1CCC(Cl)C(Cc2ccc(Br)cc2Cl)C1. The molecule has 0 amide bonds. The lowest BCUT2D eigenvalue weighted by atomic mass is 9.76. The highest BCUT2D eigenvalue weighted by Gasteiger charge is 2.29. The monoisotopic (exact) mass is 362 g/mol. The van der Waals surface area contributed by atoms with Gasteiger partial charge < -0.3 is 0 Å². The Hall–Kier alpha value is 0.280. The molecule has 19 heavy (non-hydrogen) atoms. The molecule has 0 heterocycles. The topological polar surface area (TPSA) is 0 Å². The minimum atomic E-state index is 0.313. The Bertz CT molecular complexity index is 419. The van der Waals surface area contributed by atoms with Gasteiger partial charge in [-0.1, -0.05) is 53.4 Å². The molecule has 0 nitrogen and oxygen atoms in total. The van der Waals surface area contributed by atoms with Crippen LogP contribution in [0.4, 0.5) is 0 Å². The Morgan fingerprint density at radius 3 is 2.79 bits per heavy atom. The van der Waals surface area contributed by atoms with E-state index in [0.29, 0.717) is 11.3 Å². The standard InChI is InChI=1S/C16H21BrCl2/c1-2-3-11-4-7-15(18)13(8-11)9-12-5-6-14(17)10-16(12)19/h5-6,10-11,13,15H,2-4,7-9H2,1H3. The lowest BCUT2D eigenvalue weighted by molar-refractivity contribution is 0.257. The predicted octanol–water partition coefficient (Wildman–Crippen LogP) is 6.47. The largest absolute Gasteiger partial charge is 0.123 e. The van der Waals surface area contributed by atoms with Gasteiger partial charge in [0.05, 0.1) is 0 Å². The van der Waals surface area contributed by atoms with Crippen LogP contribution in [0.5, 0.6) is 0 Å². The van der Waals surface area contributed by atoms with Gasteiger partial charge in [-0.3, -0.25) is 0 Å². The Labute approximate surface area is 135 Å². The van der Waals surface area contributed by atoms with E-state index in [1.807, 2.05) is 6.07 Å². The van der Waals surface area contributed by atoms with Crippen LogP contribution < -0.4 is 0 Å². The second-order valence-electron chi connectivity index (χ2n) is 5.68. The second kappa shape index (κ2) is 7.33. The zero-order valence-electron chi connectivity index (χ0n) is 11.3. The van der Waals surface area contributed by atoms with Crippen molar-refractivity contribution in [2.24, 2.45) is 11.8 Å². The molecule has 3 unspecified atom stereocenters. The van der Waals surface area contributed by atoms with E-state index in [2.05, 4.69) is 35.0 Å². The molecule has 0 aliphatic heterocycles. The minimum Gasteiger partial charge on any atom is -0.123 e. The summed E-state index contributed by atoms with van der Waals surface area (Å²) in [4.78, 5) is 0. The number of hydrogen-bond acceptors (Lipinski definition) is 0. The first-order valence-corrected chi connectivity index (χ1v) is 8.79. The molecule has 0 saturated heterocycles. The molecular weight excluding hydrogens is 343 g/mol. The van der Waals surface area contributed by atoms with E-state index in [4.69, 9.17) is 23.2 Å². The lowest BCUT2D eigenvalue weighted by Gasteiger charge is -2.33. The molecule has 0 N–H and O–H groups in total. The summed E-state index contributed by atoms with van der Waals surface area (Å²) in [6.45, 7) is 2.27. The Morgan fingerprint density at radius 1 is 1.32 bits per heavy atom. The molecule has 1 saturated carbocycles. The maximum absolute atomic E-state index is 6.53. The third kappa shape index (κ3) is 4.37. The van der Waals surface area contributed by atoms with Crippen LogP contribution in [0, 0.1) is 11.8 Å². The van der Waals surface area contributed by atoms with E-state index in [1.54, 1.807) is 0 Å². The zero-order valence-corrected chi connectivity index (χ0v) is 14.4. The van der Waals surface area contributed by atoms with E-state index in [1.165, 1.54) is 31.2 Å². The van der Waals surface area contributed by atoms with Crippen molar-refractivity contribution in [3.05, 3.63) is 33.3 Å².